The van der Waals surface area contributed by atoms with Crippen LogP contribution in [0.5, 0.6) is 0 Å². The second kappa shape index (κ2) is 13.9. The number of carboxylic acids is 2. The van der Waals surface area contributed by atoms with E-state index in [1.54, 1.807) is 0 Å². The molecule has 1 fully saturated rings. The van der Waals surface area contributed by atoms with Gasteiger partial charge < -0.3 is 29.4 Å². The van der Waals surface area contributed by atoms with Crippen molar-refractivity contribution in [2.75, 3.05) is 27.2 Å². The highest BCUT2D eigenvalue weighted by molar-refractivity contribution is 5.87. The Hall–Kier alpha value is -2.18. The predicted octanol–water partition coefficient (Wildman–Crippen LogP) is 1.33. The van der Waals surface area contributed by atoms with E-state index in [4.69, 9.17) is 4.74 Å². The summed E-state index contributed by atoms with van der Waals surface area (Å²) in [7, 11) is 4.26. The van der Waals surface area contributed by atoms with Crippen LogP contribution in [0.1, 0.15) is 50.5 Å². The molecule has 0 atom stereocenters. The van der Waals surface area contributed by atoms with Gasteiger partial charge in [0, 0.05) is 13.0 Å². The molecule has 0 bridgehead atoms. The molecule has 6 nitrogen and oxygen atoms in total. The molecule has 0 saturated heterocycles. The fourth-order valence-corrected chi connectivity index (χ4v) is 3.52. The Labute approximate surface area is 174 Å². The number of hydrogen-bond acceptors (Lipinski definition) is 6. The maximum absolute atomic E-state index is 9.41. The molecule has 0 aliphatic heterocycles. The monoisotopic (exact) mass is 403 g/mol. The minimum atomic E-state index is -1.55. The molecule has 1 aliphatic rings. The van der Waals surface area contributed by atoms with Crippen molar-refractivity contribution < 1.29 is 24.5 Å². The van der Waals surface area contributed by atoms with Gasteiger partial charge in [0.05, 0.1) is 17.5 Å². The van der Waals surface area contributed by atoms with Crippen LogP contribution in [-0.2, 0) is 20.7 Å². The number of hydrogen-bond donors (Lipinski definition) is 0. The fraction of sp³-hybridized carbons (Fsp3) is 0.565. The molecule has 1 aromatic carbocycles. The number of nitrogens with zero attached hydrogens (tertiary/aromatic N) is 1. The third-order valence-corrected chi connectivity index (χ3v) is 4.90. The topological polar surface area (TPSA) is 92.7 Å². The second-order valence-electron chi connectivity index (χ2n) is 7.74. The number of carbonyl (C=O) groups is 2. The molecule has 0 amide bonds. The first-order valence-corrected chi connectivity index (χ1v) is 10.3. The normalized spacial score (nSPS) is 16.1. The molecule has 0 radical (unpaired) electrons. The van der Waals surface area contributed by atoms with Crippen molar-refractivity contribution in [1.29, 1.82) is 0 Å². The van der Waals surface area contributed by atoms with Crippen LogP contribution in [0, 0.1) is 0 Å². The van der Waals surface area contributed by atoms with Gasteiger partial charge in [0.15, 0.2) is 0 Å². The van der Waals surface area contributed by atoms with E-state index in [1.807, 2.05) is 0 Å². The number of carbonyl (C=O) groups excluding carboxylic acids is 2. The summed E-state index contributed by atoms with van der Waals surface area (Å²) < 4.78 is 6.48. The highest BCUT2D eigenvalue weighted by Gasteiger charge is 2.31. The van der Waals surface area contributed by atoms with E-state index in [9.17, 15) is 19.8 Å². The van der Waals surface area contributed by atoms with E-state index >= 15 is 0 Å². The van der Waals surface area contributed by atoms with E-state index in [1.165, 1.54) is 44.1 Å². The number of aliphatic carboxylic acids is 2. The smallest absolute Gasteiger partial charge is 0.0722 e. The standard InChI is InChI=1S/C19H31NO.C4H4O4/c1-20(2)15-10-16-21-19(13-8-3-4-9-14-19)17-18-11-6-5-7-12-18;5-3(6)1-2-4(7)8/h5-7,11-12H,3-4,8-10,13-17H2,1-2H3;1-2H,(H,5,6)(H,7,8)/p-2/b;2-1+. The predicted molar refractivity (Wildman–Crippen MR) is 109 cm³/mol. The van der Waals surface area contributed by atoms with Crippen LogP contribution in [0.25, 0.3) is 0 Å². The van der Waals surface area contributed by atoms with Crippen molar-refractivity contribution in [3.63, 3.8) is 0 Å². The summed E-state index contributed by atoms with van der Waals surface area (Å²) in [5.74, 6) is -3.09. The van der Waals surface area contributed by atoms with Gasteiger partial charge in [-0.25, -0.2) is 0 Å². The van der Waals surface area contributed by atoms with Crippen LogP contribution >= 0.6 is 0 Å². The van der Waals surface area contributed by atoms with E-state index in [0.717, 1.165) is 26.0 Å². The van der Waals surface area contributed by atoms with Gasteiger partial charge in [0.1, 0.15) is 0 Å². The molecule has 1 aliphatic carbocycles. The van der Waals surface area contributed by atoms with E-state index in [0.29, 0.717) is 12.2 Å². The van der Waals surface area contributed by atoms with Crippen LogP contribution < -0.4 is 10.2 Å². The van der Waals surface area contributed by atoms with Gasteiger partial charge in [-0.05, 0) is 57.6 Å². The molecule has 6 heteroatoms. The number of benzene rings is 1. The van der Waals surface area contributed by atoms with Gasteiger partial charge in [-0.3, -0.25) is 0 Å². The Kier molecular flexibility index (Phi) is 11.9. The van der Waals surface area contributed by atoms with Crippen molar-refractivity contribution >= 4 is 11.9 Å². The van der Waals surface area contributed by atoms with Gasteiger partial charge in [0.2, 0.25) is 0 Å². The van der Waals surface area contributed by atoms with Gasteiger partial charge in [-0.1, -0.05) is 56.0 Å². The third kappa shape index (κ3) is 12.1. The Morgan fingerprint density at radius 3 is 2.03 bits per heavy atom. The van der Waals surface area contributed by atoms with Crippen molar-refractivity contribution in [1.82, 2.24) is 4.90 Å². The molecule has 1 saturated carbocycles. The largest absolute Gasteiger partial charge is 0.545 e. The Balaban J connectivity index is 0.000000447. The van der Waals surface area contributed by atoms with Gasteiger partial charge in [0.25, 0.3) is 0 Å². The molecule has 0 N–H and O–H groups in total. The molecule has 0 heterocycles. The van der Waals surface area contributed by atoms with E-state index in [-0.39, 0.29) is 5.60 Å². The minimum Gasteiger partial charge on any atom is -0.545 e. The zero-order valence-electron chi connectivity index (χ0n) is 17.6. The molecule has 1 aromatic rings. The molecular formula is C23H33NO5-2. The zero-order chi connectivity index (χ0) is 21.5. The number of ether oxygens (including phenoxy) is 1. The SMILES string of the molecule is CN(C)CCCOC1(Cc2ccccc2)CCCCCC1.O=C([O-])/C=C/C(=O)[O-]. The molecule has 0 unspecified atom stereocenters. The van der Waals surface area contributed by atoms with Crippen molar-refractivity contribution in [2.24, 2.45) is 0 Å². The van der Waals surface area contributed by atoms with Crippen LogP contribution in [0.15, 0.2) is 42.5 Å². The molecule has 162 valence electrons. The van der Waals surface area contributed by atoms with Gasteiger partial charge in [-0.15, -0.1) is 0 Å². The molecule has 29 heavy (non-hydrogen) atoms. The van der Waals surface area contributed by atoms with Crippen molar-refractivity contribution in [3.05, 3.63) is 48.0 Å². The molecule has 2 rings (SSSR count). The summed E-state index contributed by atoms with van der Waals surface area (Å²) in [6, 6.07) is 10.9. The lowest BCUT2D eigenvalue weighted by Crippen LogP contribution is -2.35. The van der Waals surface area contributed by atoms with E-state index in [2.05, 4.69) is 49.3 Å². The quantitative estimate of drug-likeness (QED) is 0.351. The van der Waals surface area contributed by atoms with Crippen LogP contribution in [-0.4, -0.2) is 49.7 Å². The maximum atomic E-state index is 9.41. The van der Waals surface area contributed by atoms with E-state index < -0.39 is 11.9 Å². The molecular weight excluding hydrogens is 370 g/mol. The summed E-state index contributed by atoms with van der Waals surface area (Å²) in [4.78, 5) is 21.1. The highest BCUT2D eigenvalue weighted by Crippen LogP contribution is 2.33. The lowest BCUT2D eigenvalue weighted by molar-refractivity contribution is -0.301. The zero-order valence-corrected chi connectivity index (χ0v) is 17.6. The maximum Gasteiger partial charge on any atom is 0.0722 e. The first kappa shape index (κ1) is 24.9. The van der Waals surface area contributed by atoms with Crippen LogP contribution in [0.4, 0.5) is 0 Å². The Morgan fingerprint density at radius 1 is 1.00 bits per heavy atom. The first-order chi connectivity index (χ1) is 13.8. The minimum absolute atomic E-state index is 0.0875. The van der Waals surface area contributed by atoms with Gasteiger partial charge >= 0.3 is 0 Å². The Bertz CT molecular complexity index is 603. The summed E-state index contributed by atoms with van der Waals surface area (Å²) in [6.07, 6.45) is 10.8. The van der Waals surface area contributed by atoms with Crippen LogP contribution in [0.3, 0.4) is 0 Å². The lowest BCUT2D eigenvalue weighted by Gasteiger charge is -2.33. The number of carboxylic acid groups (broad SMARTS) is 2. The summed E-state index contributed by atoms with van der Waals surface area (Å²) in [6.45, 7) is 2.01. The average molecular weight is 404 g/mol. The average Bonchev–Trinajstić information content (AvgIpc) is 2.91. The lowest BCUT2D eigenvalue weighted by atomic mass is 9.87. The molecule has 0 aromatic heterocycles. The summed E-state index contributed by atoms with van der Waals surface area (Å²) >= 11 is 0. The van der Waals surface area contributed by atoms with Crippen molar-refractivity contribution in [3.8, 4) is 0 Å². The first-order valence-electron chi connectivity index (χ1n) is 10.3. The second-order valence-corrected chi connectivity index (χ2v) is 7.74. The summed E-state index contributed by atoms with van der Waals surface area (Å²) in [5.41, 5.74) is 1.51. The van der Waals surface area contributed by atoms with Crippen LogP contribution in [0.2, 0.25) is 0 Å². The van der Waals surface area contributed by atoms with Crippen molar-refractivity contribution in [2.45, 2.75) is 57.0 Å². The molecule has 0 spiro atoms. The van der Waals surface area contributed by atoms with Gasteiger partial charge in [-0.2, -0.15) is 0 Å². The highest BCUT2D eigenvalue weighted by atomic mass is 16.5. The summed E-state index contributed by atoms with van der Waals surface area (Å²) in [5, 5.41) is 18.8. The number of rotatable bonds is 9. The third-order valence-electron chi connectivity index (χ3n) is 4.90. The Morgan fingerprint density at radius 2 is 1.55 bits per heavy atom. The fourth-order valence-electron chi connectivity index (χ4n) is 3.52.